The lowest BCUT2D eigenvalue weighted by atomic mass is 10.2. The Hall–Kier alpha value is -1.78. The van der Waals surface area contributed by atoms with Gasteiger partial charge in [0.05, 0.1) is 7.05 Å². The van der Waals surface area contributed by atoms with Gasteiger partial charge in [0.1, 0.15) is 12.3 Å². The molecule has 0 fully saturated rings. The van der Waals surface area contributed by atoms with Gasteiger partial charge in [0, 0.05) is 10.7 Å². The van der Waals surface area contributed by atoms with Crippen molar-refractivity contribution in [2.75, 3.05) is 18.9 Å². The van der Waals surface area contributed by atoms with Crippen LogP contribution in [-0.4, -0.2) is 19.5 Å². The molecule has 1 aromatic heterocycles. The number of likely N-dealkylation sites (N-methyl/N-ethyl adjacent to an activating group) is 1. The largest absolute Gasteiger partial charge is 0.460 e. The van der Waals surface area contributed by atoms with Crippen molar-refractivity contribution in [3.05, 3.63) is 52.4 Å². The first-order valence-electron chi connectivity index (χ1n) is 6.86. The Bertz CT molecular complexity index is 637. The van der Waals surface area contributed by atoms with E-state index in [1.54, 1.807) is 6.07 Å². The van der Waals surface area contributed by atoms with Gasteiger partial charge in [0.25, 0.3) is 5.91 Å². The monoisotopic (exact) mass is 307 g/mol. The molecule has 1 heterocycles. The molecule has 5 heteroatoms. The molecule has 2 rings (SSSR count). The molecule has 2 aromatic rings. The van der Waals surface area contributed by atoms with Crippen LogP contribution in [0.4, 0.5) is 5.69 Å². The minimum Gasteiger partial charge on any atom is -0.460 e. The standard InChI is InChI=1S/C16H19ClN2O2/c1-11-8-13(17)5-7-15(11)18-16(20)10-19(3)9-14-6-4-12(2)21-14/h4-8H,9-10H2,1-3H3,(H,18,20)/p+1. The minimum absolute atomic E-state index is 0.0267. The summed E-state index contributed by atoms with van der Waals surface area (Å²) in [5.41, 5.74) is 1.75. The highest BCUT2D eigenvalue weighted by molar-refractivity contribution is 6.30. The lowest BCUT2D eigenvalue weighted by Crippen LogP contribution is -3.08. The molecule has 0 spiro atoms. The van der Waals surface area contributed by atoms with E-state index < -0.39 is 0 Å². The predicted molar refractivity (Wildman–Crippen MR) is 83.7 cm³/mol. The van der Waals surface area contributed by atoms with Gasteiger partial charge in [-0.2, -0.15) is 0 Å². The summed E-state index contributed by atoms with van der Waals surface area (Å²) >= 11 is 5.90. The summed E-state index contributed by atoms with van der Waals surface area (Å²) in [6, 6.07) is 9.30. The second kappa shape index (κ2) is 6.78. The van der Waals surface area contributed by atoms with Crippen LogP contribution in [0.3, 0.4) is 0 Å². The number of aryl methyl sites for hydroxylation is 2. The van der Waals surface area contributed by atoms with Crippen molar-refractivity contribution in [2.45, 2.75) is 20.4 Å². The third-order valence-electron chi connectivity index (χ3n) is 3.20. The maximum absolute atomic E-state index is 12.1. The number of nitrogens with one attached hydrogen (secondary N) is 2. The fourth-order valence-electron chi connectivity index (χ4n) is 2.18. The van der Waals surface area contributed by atoms with Crippen molar-refractivity contribution in [3.8, 4) is 0 Å². The van der Waals surface area contributed by atoms with E-state index in [-0.39, 0.29) is 5.91 Å². The maximum atomic E-state index is 12.1. The first-order chi connectivity index (χ1) is 9.94. The molecular formula is C16H20ClN2O2+. The SMILES string of the molecule is Cc1ccc(C[NH+](C)CC(=O)Nc2ccc(Cl)cc2C)o1. The molecule has 0 aliphatic carbocycles. The normalized spacial score (nSPS) is 12.2. The third-order valence-corrected chi connectivity index (χ3v) is 3.43. The summed E-state index contributed by atoms with van der Waals surface area (Å²) in [6.07, 6.45) is 0. The molecule has 0 saturated carbocycles. The van der Waals surface area contributed by atoms with E-state index >= 15 is 0 Å². The number of amides is 1. The van der Waals surface area contributed by atoms with E-state index in [1.165, 1.54) is 0 Å². The summed E-state index contributed by atoms with van der Waals surface area (Å²) in [7, 11) is 1.96. The fraction of sp³-hybridized carbons (Fsp3) is 0.312. The minimum atomic E-state index is -0.0267. The highest BCUT2D eigenvalue weighted by Crippen LogP contribution is 2.19. The summed E-state index contributed by atoms with van der Waals surface area (Å²) in [5.74, 6) is 1.75. The topological polar surface area (TPSA) is 46.7 Å². The lowest BCUT2D eigenvalue weighted by Gasteiger charge is -2.13. The number of hydrogen-bond acceptors (Lipinski definition) is 2. The van der Waals surface area contributed by atoms with Crippen LogP contribution in [0.2, 0.25) is 5.02 Å². The zero-order chi connectivity index (χ0) is 15.4. The van der Waals surface area contributed by atoms with Crippen molar-refractivity contribution in [2.24, 2.45) is 0 Å². The van der Waals surface area contributed by atoms with Crippen LogP contribution in [0.5, 0.6) is 0 Å². The van der Waals surface area contributed by atoms with Gasteiger partial charge >= 0.3 is 0 Å². The highest BCUT2D eigenvalue weighted by atomic mass is 35.5. The van der Waals surface area contributed by atoms with Crippen molar-refractivity contribution >= 4 is 23.2 Å². The molecule has 1 amide bonds. The third kappa shape index (κ3) is 4.62. The van der Waals surface area contributed by atoms with E-state index in [2.05, 4.69) is 5.32 Å². The van der Waals surface area contributed by atoms with Gasteiger partial charge in [-0.3, -0.25) is 4.79 Å². The van der Waals surface area contributed by atoms with Crippen molar-refractivity contribution in [3.63, 3.8) is 0 Å². The zero-order valence-corrected chi connectivity index (χ0v) is 13.3. The van der Waals surface area contributed by atoms with E-state index in [1.807, 2.05) is 45.2 Å². The molecule has 0 aliphatic rings. The Kier molecular flexibility index (Phi) is 5.04. The first kappa shape index (κ1) is 15.6. The van der Waals surface area contributed by atoms with Gasteiger partial charge in [-0.1, -0.05) is 11.6 Å². The summed E-state index contributed by atoms with van der Waals surface area (Å²) in [6.45, 7) is 4.89. The van der Waals surface area contributed by atoms with Crippen LogP contribution >= 0.6 is 11.6 Å². The van der Waals surface area contributed by atoms with E-state index in [9.17, 15) is 4.79 Å². The van der Waals surface area contributed by atoms with E-state index in [4.69, 9.17) is 16.0 Å². The van der Waals surface area contributed by atoms with E-state index in [0.717, 1.165) is 27.7 Å². The van der Waals surface area contributed by atoms with Crippen LogP contribution < -0.4 is 10.2 Å². The molecule has 0 radical (unpaired) electrons. The summed E-state index contributed by atoms with van der Waals surface area (Å²) in [4.78, 5) is 13.1. The number of rotatable bonds is 5. The quantitative estimate of drug-likeness (QED) is 0.889. The van der Waals surface area contributed by atoms with Gasteiger partial charge in [-0.25, -0.2) is 0 Å². The number of carbonyl (C=O) groups is 1. The molecule has 112 valence electrons. The Morgan fingerprint density at radius 3 is 2.67 bits per heavy atom. The van der Waals surface area contributed by atoms with E-state index in [0.29, 0.717) is 18.1 Å². The molecule has 1 aromatic carbocycles. The average Bonchev–Trinajstić information content (AvgIpc) is 2.78. The molecule has 21 heavy (non-hydrogen) atoms. The van der Waals surface area contributed by atoms with Gasteiger partial charge in [0.15, 0.2) is 12.3 Å². The number of anilines is 1. The molecule has 1 unspecified atom stereocenters. The summed E-state index contributed by atoms with van der Waals surface area (Å²) < 4.78 is 5.52. The predicted octanol–water partition coefficient (Wildman–Crippen LogP) is 2.20. The lowest BCUT2D eigenvalue weighted by molar-refractivity contribution is -0.886. The van der Waals surface area contributed by atoms with Crippen molar-refractivity contribution < 1.29 is 14.1 Å². The Labute approximate surface area is 129 Å². The number of halogens is 1. The Morgan fingerprint density at radius 1 is 1.29 bits per heavy atom. The van der Waals surface area contributed by atoms with Crippen LogP contribution in [-0.2, 0) is 11.3 Å². The van der Waals surface area contributed by atoms with Crippen molar-refractivity contribution in [1.82, 2.24) is 0 Å². The summed E-state index contributed by atoms with van der Waals surface area (Å²) in [5, 5.41) is 3.58. The molecule has 4 nitrogen and oxygen atoms in total. The highest BCUT2D eigenvalue weighted by Gasteiger charge is 2.13. The van der Waals surface area contributed by atoms with Gasteiger partial charge in [0.2, 0.25) is 0 Å². The number of quaternary nitrogens is 1. The van der Waals surface area contributed by atoms with Crippen LogP contribution in [0.15, 0.2) is 34.7 Å². The number of benzene rings is 1. The molecule has 1 atom stereocenters. The Balaban J connectivity index is 1.89. The molecular weight excluding hydrogens is 288 g/mol. The molecule has 0 aliphatic heterocycles. The second-order valence-electron chi connectivity index (χ2n) is 5.33. The molecule has 0 saturated heterocycles. The van der Waals surface area contributed by atoms with Crippen LogP contribution in [0.25, 0.3) is 0 Å². The average molecular weight is 308 g/mol. The second-order valence-corrected chi connectivity index (χ2v) is 5.77. The molecule has 0 bridgehead atoms. The van der Waals surface area contributed by atoms with Gasteiger partial charge in [-0.15, -0.1) is 0 Å². The first-order valence-corrected chi connectivity index (χ1v) is 7.24. The zero-order valence-electron chi connectivity index (χ0n) is 12.5. The maximum Gasteiger partial charge on any atom is 0.279 e. The van der Waals surface area contributed by atoms with Crippen LogP contribution in [0, 0.1) is 13.8 Å². The smallest absolute Gasteiger partial charge is 0.279 e. The van der Waals surface area contributed by atoms with Crippen LogP contribution in [0.1, 0.15) is 17.1 Å². The number of carbonyl (C=O) groups excluding carboxylic acids is 1. The number of furan rings is 1. The number of hydrogen-bond donors (Lipinski definition) is 2. The Morgan fingerprint density at radius 2 is 2.05 bits per heavy atom. The van der Waals surface area contributed by atoms with Crippen molar-refractivity contribution in [1.29, 1.82) is 0 Å². The van der Waals surface area contributed by atoms with Gasteiger partial charge < -0.3 is 14.6 Å². The van der Waals surface area contributed by atoms with Gasteiger partial charge in [-0.05, 0) is 49.7 Å². The fourth-order valence-corrected chi connectivity index (χ4v) is 2.40. The molecule has 2 N–H and O–H groups in total.